The summed E-state index contributed by atoms with van der Waals surface area (Å²) in [7, 11) is 0. The monoisotopic (exact) mass is 304 g/mol. The van der Waals surface area contributed by atoms with Crippen LogP contribution < -0.4 is 0 Å². The molecule has 2 nitrogen and oxygen atoms in total. The van der Waals surface area contributed by atoms with Crippen LogP contribution in [0.2, 0.25) is 0 Å². The van der Waals surface area contributed by atoms with Crippen LogP contribution in [0.5, 0.6) is 0 Å². The molecule has 0 saturated carbocycles. The summed E-state index contributed by atoms with van der Waals surface area (Å²) in [6.45, 7) is 12.4. The van der Waals surface area contributed by atoms with Gasteiger partial charge in [0.1, 0.15) is 0 Å². The maximum Gasteiger partial charge on any atom is 0.0792 e. The molecule has 0 fully saturated rings. The van der Waals surface area contributed by atoms with Gasteiger partial charge in [0.15, 0.2) is 0 Å². The highest BCUT2D eigenvalue weighted by Gasteiger charge is 2.15. The molecule has 0 aromatic carbocycles. The van der Waals surface area contributed by atoms with E-state index in [1.165, 1.54) is 11.1 Å². The lowest BCUT2D eigenvalue weighted by Gasteiger charge is -2.19. The van der Waals surface area contributed by atoms with E-state index in [-0.39, 0.29) is 0 Å². The van der Waals surface area contributed by atoms with Crippen molar-refractivity contribution in [2.24, 2.45) is 5.92 Å². The van der Waals surface area contributed by atoms with Gasteiger partial charge in [0, 0.05) is 0 Å². The number of rotatable bonds is 1. The van der Waals surface area contributed by atoms with Gasteiger partial charge in [-0.3, -0.25) is 0 Å². The van der Waals surface area contributed by atoms with E-state index in [1.807, 2.05) is 0 Å². The highest BCUT2D eigenvalue weighted by Crippen LogP contribution is 2.23. The second-order valence-corrected chi connectivity index (χ2v) is 6.86. The standard InChI is InChI=1S/C20H32O2/c1-14(2)18-11-9-15(3)10-12-19(21)17(5)8-6-7-16(4)13-20(18)22/h7,9,11,14,19-22H,5-6,8,10,12-13H2,1-4H3/b15-9+,16-7+,18-11-/t19-,20+/m1/s1. The van der Waals surface area contributed by atoms with Crippen LogP contribution in [0.1, 0.15) is 59.8 Å². The predicted molar refractivity (Wildman–Crippen MR) is 94.7 cm³/mol. The van der Waals surface area contributed by atoms with Gasteiger partial charge in [-0.2, -0.15) is 0 Å². The SMILES string of the molecule is C=C1CC/C=C(\C)C[C@H](O)/C(C(C)C)=C\C=C(/C)CC[C@H]1O. The highest BCUT2D eigenvalue weighted by molar-refractivity contribution is 5.23. The molecule has 0 radical (unpaired) electrons. The second kappa shape index (κ2) is 9.12. The van der Waals surface area contributed by atoms with E-state index in [0.717, 1.165) is 36.8 Å². The Morgan fingerprint density at radius 2 is 1.73 bits per heavy atom. The van der Waals surface area contributed by atoms with Crippen LogP contribution in [-0.2, 0) is 0 Å². The van der Waals surface area contributed by atoms with Gasteiger partial charge in [-0.15, -0.1) is 0 Å². The Morgan fingerprint density at radius 1 is 1.05 bits per heavy atom. The number of hydrogen-bond donors (Lipinski definition) is 2. The van der Waals surface area contributed by atoms with Crippen LogP contribution in [0.4, 0.5) is 0 Å². The zero-order chi connectivity index (χ0) is 16.7. The number of allylic oxidation sites excluding steroid dienone is 4. The molecule has 124 valence electrons. The fourth-order valence-corrected chi connectivity index (χ4v) is 2.76. The summed E-state index contributed by atoms with van der Waals surface area (Å²) in [5.41, 5.74) is 4.41. The van der Waals surface area contributed by atoms with Crippen molar-refractivity contribution in [3.8, 4) is 0 Å². The molecule has 2 heteroatoms. The van der Waals surface area contributed by atoms with E-state index in [0.29, 0.717) is 12.3 Å². The van der Waals surface area contributed by atoms with E-state index in [1.54, 1.807) is 0 Å². The summed E-state index contributed by atoms with van der Waals surface area (Å²) in [6.07, 6.45) is 9.40. The molecular weight excluding hydrogens is 272 g/mol. The number of aliphatic hydroxyl groups excluding tert-OH is 2. The van der Waals surface area contributed by atoms with Crippen molar-refractivity contribution >= 4 is 0 Å². The van der Waals surface area contributed by atoms with E-state index >= 15 is 0 Å². The Hall–Kier alpha value is -1.12. The normalized spacial score (nSPS) is 33.2. The minimum absolute atomic E-state index is 0.324. The van der Waals surface area contributed by atoms with Gasteiger partial charge in [-0.1, -0.05) is 49.8 Å². The predicted octanol–water partition coefficient (Wildman–Crippen LogP) is 4.70. The molecule has 0 bridgehead atoms. The molecule has 0 aromatic rings. The van der Waals surface area contributed by atoms with E-state index in [4.69, 9.17) is 0 Å². The van der Waals surface area contributed by atoms with Crippen LogP contribution >= 0.6 is 0 Å². The first kappa shape index (κ1) is 18.9. The quantitative estimate of drug-likeness (QED) is 0.689. The minimum Gasteiger partial charge on any atom is -0.389 e. The highest BCUT2D eigenvalue weighted by atomic mass is 16.3. The van der Waals surface area contributed by atoms with Crippen molar-refractivity contribution in [1.29, 1.82) is 0 Å². The first-order valence-corrected chi connectivity index (χ1v) is 8.38. The first-order chi connectivity index (χ1) is 10.3. The maximum absolute atomic E-state index is 10.5. The van der Waals surface area contributed by atoms with Crippen molar-refractivity contribution < 1.29 is 10.2 Å². The lowest BCUT2D eigenvalue weighted by atomic mass is 9.91. The molecule has 2 atom stereocenters. The molecule has 0 aliphatic heterocycles. The number of hydrogen-bond acceptors (Lipinski definition) is 2. The van der Waals surface area contributed by atoms with Crippen molar-refractivity contribution in [3.63, 3.8) is 0 Å². The second-order valence-electron chi connectivity index (χ2n) is 6.86. The Labute approximate surface area is 135 Å². The molecule has 1 rings (SSSR count). The van der Waals surface area contributed by atoms with Crippen molar-refractivity contribution in [2.75, 3.05) is 0 Å². The Kier molecular flexibility index (Phi) is 7.84. The molecule has 0 spiro atoms. The zero-order valence-corrected chi connectivity index (χ0v) is 14.6. The molecule has 1 aliphatic rings. The van der Waals surface area contributed by atoms with Crippen molar-refractivity contribution in [3.05, 3.63) is 47.1 Å². The molecule has 22 heavy (non-hydrogen) atoms. The summed E-state index contributed by atoms with van der Waals surface area (Å²) in [5.74, 6) is 0.324. The third kappa shape index (κ3) is 6.33. The zero-order valence-electron chi connectivity index (χ0n) is 14.6. The van der Waals surface area contributed by atoms with Crippen LogP contribution in [0.25, 0.3) is 0 Å². The molecule has 2 N–H and O–H groups in total. The molecule has 0 aromatic heterocycles. The average molecular weight is 304 g/mol. The Balaban J connectivity index is 3.02. The third-order valence-corrected chi connectivity index (χ3v) is 4.37. The number of aliphatic hydroxyl groups is 2. The van der Waals surface area contributed by atoms with Gasteiger partial charge in [-0.25, -0.2) is 0 Å². The average Bonchev–Trinajstić information content (AvgIpc) is 2.43. The van der Waals surface area contributed by atoms with Gasteiger partial charge in [0.2, 0.25) is 0 Å². The van der Waals surface area contributed by atoms with Gasteiger partial charge in [0.25, 0.3) is 0 Å². The van der Waals surface area contributed by atoms with Gasteiger partial charge >= 0.3 is 0 Å². The van der Waals surface area contributed by atoms with Crippen LogP contribution in [-0.4, -0.2) is 22.4 Å². The lowest BCUT2D eigenvalue weighted by molar-refractivity contribution is 0.196. The van der Waals surface area contributed by atoms with E-state index in [2.05, 4.69) is 52.5 Å². The molecule has 0 saturated heterocycles. The summed E-state index contributed by atoms with van der Waals surface area (Å²) in [4.78, 5) is 0. The molecular formula is C20H32O2. The van der Waals surface area contributed by atoms with E-state index < -0.39 is 12.2 Å². The molecule has 0 heterocycles. The Morgan fingerprint density at radius 3 is 2.36 bits per heavy atom. The van der Waals surface area contributed by atoms with Gasteiger partial charge < -0.3 is 10.2 Å². The Bertz CT molecular complexity index is 466. The summed E-state index contributed by atoms with van der Waals surface area (Å²) in [6, 6.07) is 0. The van der Waals surface area contributed by atoms with Crippen molar-refractivity contribution in [2.45, 2.75) is 72.0 Å². The summed E-state index contributed by atoms with van der Waals surface area (Å²) < 4.78 is 0. The smallest absolute Gasteiger partial charge is 0.0792 e. The van der Waals surface area contributed by atoms with Crippen LogP contribution in [0, 0.1) is 5.92 Å². The fraction of sp³-hybridized carbons (Fsp3) is 0.600. The minimum atomic E-state index is -0.419. The van der Waals surface area contributed by atoms with Crippen LogP contribution in [0.3, 0.4) is 0 Å². The maximum atomic E-state index is 10.5. The lowest BCUT2D eigenvalue weighted by Crippen LogP contribution is -2.15. The van der Waals surface area contributed by atoms with Crippen LogP contribution in [0.15, 0.2) is 47.1 Å². The summed E-state index contributed by atoms with van der Waals surface area (Å²) >= 11 is 0. The molecule has 1 aliphatic carbocycles. The van der Waals surface area contributed by atoms with Crippen molar-refractivity contribution in [1.82, 2.24) is 0 Å². The van der Waals surface area contributed by atoms with E-state index in [9.17, 15) is 10.2 Å². The first-order valence-electron chi connectivity index (χ1n) is 8.38. The van der Waals surface area contributed by atoms with Gasteiger partial charge in [0.05, 0.1) is 12.2 Å². The largest absolute Gasteiger partial charge is 0.389 e. The topological polar surface area (TPSA) is 40.5 Å². The van der Waals surface area contributed by atoms with Gasteiger partial charge in [-0.05, 0) is 63.0 Å². The fourth-order valence-electron chi connectivity index (χ4n) is 2.76. The third-order valence-electron chi connectivity index (χ3n) is 4.37. The molecule has 0 amide bonds. The molecule has 0 unspecified atom stereocenters. The summed E-state index contributed by atoms with van der Waals surface area (Å²) in [5, 5.41) is 20.7.